The number of amides is 2. The van der Waals surface area contributed by atoms with Crippen LogP contribution in [0, 0.1) is 0 Å². The van der Waals surface area contributed by atoms with Crippen LogP contribution in [0.2, 0.25) is 0 Å². The zero-order valence-electron chi connectivity index (χ0n) is 13.8. The second kappa shape index (κ2) is 6.77. The Bertz CT molecular complexity index is 967. The molecular formula is C21H15BrN2O2. The Morgan fingerprint density at radius 1 is 0.808 bits per heavy atom. The van der Waals surface area contributed by atoms with Gasteiger partial charge in [-0.05, 0) is 35.9 Å². The Kier molecular flexibility index (Phi) is 4.31. The highest BCUT2D eigenvalue weighted by molar-refractivity contribution is 9.10. The minimum Gasteiger partial charge on any atom is -0.379 e. The molecule has 0 aliphatic carbocycles. The van der Waals surface area contributed by atoms with Crippen LogP contribution in [0.15, 0.2) is 77.3 Å². The van der Waals surface area contributed by atoms with Gasteiger partial charge in [0.05, 0.1) is 22.5 Å². The molecule has 2 amide bonds. The lowest BCUT2D eigenvalue weighted by molar-refractivity contribution is 0.0926. The first kappa shape index (κ1) is 16.5. The normalized spacial score (nSPS) is 13.0. The van der Waals surface area contributed by atoms with Crippen molar-refractivity contribution in [2.75, 3.05) is 10.2 Å². The van der Waals surface area contributed by atoms with Crippen molar-refractivity contribution in [3.05, 3.63) is 94.0 Å². The van der Waals surface area contributed by atoms with Gasteiger partial charge in [0.1, 0.15) is 0 Å². The van der Waals surface area contributed by atoms with Gasteiger partial charge in [-0.1, -0.05) is 58.4 Å². The number of anilines is 2. The zero-order chi connectivity index (χ0) is 18.1. The van der Waals surface area contributed by atoms with Crippen molar-refractivity contribution in [2.24, 2.45) is 0 Å². The van der Waals surface area contributed by atoms with E-state index in [2.05, 4.69) is 21.2 Å². The number of nitrogens with zero attached hydrogens (tertiary/aromatic N) is 1. The highest BCUT2D eigenvalue weighted by atomic mass is 79.9. The molecule has 128 valence electrons. The molecule has 26 heavy (non-hydrogen) atoms. The van der Waals surface area contributed by atoms with Crippen molar-refractivity contribution < 1.29 is 9.59 Å². The van der Waals surface area contributed by atoms with Gasteiger partial charge in [-0.3, -0.25) is 9.59 Å². The molecule has 0 atom stereocenters. The smallest absolute Gasteiger partial charge is 0.266 e. The van der Waals surface area contributed by atoms with Crippen LogP contribution in [0.1, 0.15) is 26.3 Å². The van der Waals surface area contributed by atoms with E-state index < -0.39 is 0 Å². The van der Waals surface area contributed by atoms with Crippen LogP contribution in [0.5, 0.6) is 0 Å². The number of carbonyl (C=O) groups excluding carboxylic acids is 2. The molecule has 0 bridgehead atoms. The van der Waals surface area contributed by atoms with Crippen LogP contribution >= 0.6 is 15.9 Å². The molecule has 0 saturated heterocycles. The summed E-state index contributed by atoms with van der Waals surface area (Å²) in [6.07, 6.45) is 0. The van der Waals surface area contributed by atoms with Crippen molar-refractivity contribution in [1.29, 1.82) is 0 Å². The van der Waals surface area contributed by atoms with Crippen molar-refractivity contribution in [1.82, 2.24) is 0 Å². The fraction of sp³-hybridized carbons (Fsp3) is 0.0476. The lowest BCUT2D eigenvalue weighted by Gasteiger charge is -2.19. The molecule has 3 aromatic carbocycles. The number of halogens is 1. The molecule has 1 heterocycles. The van der Waals surface area contributed by atoms with E-state index in [-0.39, 0.29) is 11.8 Å². The van der Waals surface area contributed by atoms with Crippen LogP contribution in [-0.4, -0.2) is 11.8 Å². The van der Waals surface area contributed by atoms with Gasteiger partial charge in [-0.25, -0.2) is 4.90 Å². The van der Waals surface area contributed by atoms with Gasteiger partial charge in [-0.15, -0.1) is 0 Å². The topological polar surface area (TPSA) is 49.4 Å². The van der Waals surface area contributed by atoms with E-state index in [1.165, 1.54) is 4.90 Å². The summed E-state index contributed by atoms with van der Waals surface area (Å²) < 4.78 is 0.800. The van der Waals surface area contributed by atoms with Gasteiger partial charge >= 0.3 is 0 Å². The molecule has 4 nitrogen and oxygen atoms in total. The Labute approximate surface area is 159 Å². The molecule has 1 N–H and O–H groups in total. The molecule has 1 aliphatic rings. The molecular weight excluding hydrogens is 392 g/mol. The summed E-state index contributed by atoms with van der Waals surface area (Å²) in [6, 6.07) is 22.4. The SMILES string of the molecule is O=C1c2ccccc2C(=O)N1c1cc(Br)ccc1NCc1ccccc1. The number of fused-ring (bicyclic) bond motifs is 1. The second-order valence-corrected chi connectivity index (χ2v) is 6.91. The Morgan fingerprint density at radius 3 is 2.08 bits per heavy atom. The van der Waals surface area contributed by atoms with Crippen molar-refractivity contribution in [3.8, 4) is 0 Å². The summed E-state index contributed by atoms with van der Waals surface area (Å²) in [5, 5.41) is 3.33. The predicted molar refractivity (Wildman–Crippen MR) is 105 cm³/mol. The minimum absolute atomic E-state index is 0.300. The third-order valence-corrected chi connectivity index (χ3v) is 4.81. The van der Waals surface area contributed by atoms with E-state index in [1.807, 2.05) is 42.5 Å². The molecule has 0 spiro atoms. The summed E-state index contributed by atoms with van der Waals surface area (Å²) in [7, 11) is 0. The summed E-state index contributed by atoms with van der Waals surface area (Å²) in [5.41, 5.74) is 3.26. The Balaban J connectivity index is 1.70. The quantitative estimate of drug-likeness (QED) is 0.629. The molecule has 4 rings (SSSR count). The zero-order valence-corrected chi connectivity index (χ0v) is 15.4. The average Bonchev–Trinajstić information content (AvgIpc) is 2.92. The highest BCUT2D eigenvalue weighted by Crippen LogP contribution is 2.35. The maximum atomic E-state index is 12.8. The molecule has 0 aromatic heterocycles. The van der Waals surface area contributed by atoms with Gasteiger partial charge in [-0.2, -0.15) is 0 Å². The molecule has 0 unspecified atom stereocenters. The number of hydrogen-bond donors (Lipinski definition) is 1. The van der Waals surface area contributed by atoms with Gasteiger partial charge < -0.3 is 5.32 Å². The molecule has 0 radical (unpaired) electrons. The van der Waals surface area contributed by atoms with Crippen LogP contribution in [0.4, 0.5) is 11.4 Å². The van der Waals surface area contributed by atoms with Crippen molar-refractivity contribution in [3.63, 3.8) is 0 Å². The van der Waals surface area contributed by atoms with E-state index in [9.17, 15) is 9.59 Å². The standard InChI is InChI=1S/C21H15BrN2O2/c22-15-10-11-18(23-13-14-6-2-1-3-7-14)19(12-15)24-20(25)16-8-4-5-9-17(16)21(24)26/h1-12,23H,13H2. The van der Waals surface area contributed by atoms with Gasteiger partial charge in [0.15, 0.2) is 0 Å². The first-order valence-corrected chi connectivity index (χ1v) is 8.99. The maximum Gasteiger partial charge on any atom is 0.266 e. The predicted octanol–water partition coefficient (Wildman–Crippen LogP) is 4.86. The third-order valence-electron chi connectivity index (χ3n) is 4.32. The summed E-state index contributed by atoms with van der Waals surface area (Å²) in [4.78, 5) is 26.9. The molecule has 1 aliphatic heterocycles. The van der Waals surface area contributed by atoms with Crippen LogP contribution in [-0.2, 0) is 6.54 Å². The third kappa shape index (κ3) is 2.91. The van der Waals surface area contributed by atoms with Crippen LogP contribution < -0.4 is 10.2 Å². The van der Waals surface area contributed by atoms with E-state index in [0.29, 0.717) is 23.4 Å². The first-order chi connectivity index (χ1) is 12.6. The Hall–Kier alpha value is -2.92. The van der Waals surface area contributed by atoms with Crippen LogP contribution in [0.25, 0.3) is 0 Å². The second-order valence-electron chi connectivity index (χ2n) is 5.99. The first-order valence-electron chi connectivity index (χ1n) is 8.20. The van der Waals surface area contributed by atoms with Gasteiger partial charge in [0.25, 0.3) is 11.8 Å². The number of nitrogens with one attached hydrogen (secondary N) is 1. The van der Waals surface area contributed by atoms with Crippen LogP contribution in [0.3, 0.4) is 0 Å². The monoisotopic (exact) mass is 406 g/mol. The summed E-state index contributed by atoms with van der Waals surface area (Å²) in [6.45, 7) is 0.596. The molecule has 5 heteroatoms. The molecule has 0 fully saturated rings. The number of benzene rings is 3. The van der Waals surface area contributed by atoms with E-state index >= 15 is 0 Å². The lowest BCUT2D eigenvalue weighted by atomic mass is 10.1. The van der Waals surface area contributed by atoms with Crippen molar-refractivity contribution >= 4 is 39.1 Å². The number of hydrogen-bond acceptors (Lipinski definition) is 3. The van der Waals surface area contributed by atoms with E-state index in [1.54, 1.807) is 30.3 Å². The Morgan fingerprint density at radius 2 is 1.42 bits per heavy atom. The summed E-state index contributed by atoms with van der Waals surface area (Å²) in [5.74, 6) is -0.599. The number of rotatable bonds is 4. The van der Waals surface area contributed by atoms with E-state index in [0.717, 1.165) is 15.7 Å². The van der Waals surface area contributed by atoms with Crippen molar-refractivity contribution in [2.45, 2.75) is 6.54 Å². The fourth-order valence-electron chi connectivity index (χ4n) is 3.04. The fourth-order valence-corrected chi connectivity index (χ4v) is 3.39. The number of carbonyl (C=O) groups is 2. The number of imide groups is 1. The van der Waals surface area contributed by atoms with Gasteiger partial charge in [0, 0.05) is 11.0 Å². The van der Waals surface area contributed by atoms with E-state index in [4.69, 9.17) is 0 Å². The molecule has 3 aromatic rings. The molecule has 0 saturated carbocycles. The maximum absolute atomic E-state index is 12.8. The largest absolute Gasteiger partial charge is 0.379 e. The summed E-state index contributed by atoms with van der Waals surface area (Å²) >= 11 is 3.44. The lowest BCUT2D eigenvalue weighted by Crippen LogP contribution is -2.30. The average molecular weight is 407 g/mol. The van der Waals surface area contributed by atoms with Gasteiger partial charge in [0.2, 0.25) is 0 Å². The minimum atomic E-state index is -0.300. The highest BCUT2D eigenvalue weighted by Gasteiger charge is 2.37.